The predicted octanol–water partition coefficient (Wildman–Crippen LogP) is 4.54. The molecule has 1 aromatic heterocycles. The first-order chi connectivity index (χ1) is 11.6. The van der Waals surface area contributed by atoms with Crippen LogP contribution < -0.4 is 5.32 Å². The minimum absolute atomic E-state index is 0.310. The number of fused-ring (bicyclic) bond motifs is 2. The van der Waals surface area contributed by atoms with Crippen LogP contribution in [0.15, 0.2) is 33.3 Å². The quantitative estimate of drug-likeness (QED) is 0.668. The number of halogens is 2. The van der Waals surface area contributed by atoms with Crippen LogP contribution in [0.2, 0.25) is 0 Å². The number of aromatic nitrogens is 1. The number of piperidine rings is 1. The molecule has 0 saturated carbocycles. The Morgan fingerprint density at radius 2 is 1.92 bits per heavy atom. The number of phenols is 1. The van der Waals surface area contributed by atoms with Gasteiger partial charge in [0.2, 0.25) is 0 Å². The van der Waals surface area contributed by atoms with Crippen LogP contribution in [0.25, 0.3) is 0 Å². The van der Waals surface area contributed by atoms with Gasteiger partial charge in [-0.3, -0.25) is 4.98 Å². The van der Waals surface area contributed by atoms with Gasteiger partial charge in [-0.05, 0) is 105 Å². The number of aryl methyl sites for hydroxylation is 1. The van der Waals surface area contributed by atoms with Crippen LogP contribution in [0.4, 0.5) is 0 Å². The van der Waals surface area contributed by atoms with Crippen molar-refractivity contribution >= 4 is 31.9 Å². The van der Waals surface area contributed by atoms with Gasteiger partial charge in [0.05, 0.1) is 10.2 Å². The molecule has 0 spiro atoms. The minimum Gasteiger partial charge on any atom is -0.507 e. The van der Waals surface area contributed by atoms with Gasteiger partial charge in [-0.2, -0.15) is 0 Å². The number of hydrogen-bond donors (Lipinski definition) is 2. The highest BCUT2D eigenvalue weighted by molar-refractivity contribution is 9.10. The van der Waals surface area contributed by atoms with Gasteiger partial charge < -0.3 is 10.4 Å². The summed E-state index contributed by atoms with van der Waals surface area (Å²) < 4.78 is 1.89. The Kier molecular flexibility index (Phi) is 4.67. The molecule has 3 nitrogen and oxygen atoms in total. The van der Waals surface area contributed by atoms with Gasteiger partial charge in [-0.1, -0.05) is 6.07 Å². The number of pyridine rings is 1. The molecule has 1 saturated heterocycles. The molecule has 24 heavy (non-hydrogen) atoms. The van der Waals surface area contributed by atoms with E-state index in [1.165, 1.54) is 35.2 Å². The van der Waals surface area contributed by atoms with Crippen molar-refractivity contribution < 1.29 is 5.11 Å². The summed E-state index contributed by atoms with van der Waals surface area (Å²) in [5, 5.41) is 13.6. The third-order valence-electron chi connectivity index (χ3n) is 5.36. The second-order valence-electron chi connectivity index (χ2n) is 6.73. The molecule has 2 aromatic rings. The molecule has 1 aliphatic heterocycles. The molecular weight excluding hydrogens is 432 g/mol. The van der Waals surface area contributed by atoms with Crippen molar-refractivity contribution in [2.24, 2.45) is 5.92 Å². The van der Waals surface area contributed by atoms with Crippen molar-refractivity contribution in [1.82, 2.24) is 10.3 Å². The molecule has 2 aliphatic rings. The van der Waals surface area contributed by atoms with E-state index in [0.29, 0.717) is 17.6 Å². The second-order valence-corrected chi connectivity index (χ2v) is 8.44. The number of nitrogens with one attached hydrogen (secondary N) is 1. The molecule has 0 unspecified atom stereocenters. The molecule has 0 radical (unpaired) electrons. The summed E-state index contributed by atoms with van der Waals surface area (Å²) in [6, 6.07) is 6.15. The lowest BCUT2D eigenvalue weighted by Crippen LogP contribution is -2.32. The van der Waals surface area contributed by atoms with Crippen LogP contribution >= 0.6 is 31.9 Å². The van der Waals surface area contributed by atoms with Crippen LogP contribution in [0.3, 0.4) is 0 Å². The summed E-state index contributed by atoms with van der Waals surface area (Å²) in [6.45, 7) is 2.14. The van der Waals surface area contributed by atoms with Crippen molar-refractivity contribution in [2.45, 2.75) is 31.6 Å². The van der Waals surface area contributed by atoms with Gasteiger partial charge in [0.25, 0.3) is 0 Å². The Hall–Kier alpha value is -0.910. The van der Waals surface area contributed by atoms with Crippen molar-refractivity contribution in [3.8, 4) is 5.75 Å². The van der Waals surface area contributed by atoms with Gasteiger partial charge in [-0.15, -0.1) is 0 Å². The molecule has 1 fully saturated rings. The Morgan fingerprint density at radius 3 is 2.71 bits per heavy atom. The molecule has 5 heteroatoms. The summed E-state index contributed by atoms with van der Waals surface area (Å²) >= 11 is 7.19. The van der Waals surface area contributed by atoms with Crippen LogP contribution in [-0.4, -0.2) is 23.2 Å². The summed E-state index contributed by atoms with van der Waals surface area (Å²) in [5.41, 5.74) is 5.13. The number of aromatic hydroxyl groups is 1. The van der Waals surface area contributed by atoms with Gasteiger partial charge in [0.15, 0.2) is 0 Å². The number of rotatable bonds is 1. The Labute approximate surface area is 159 Å². The number of benzene rings is 1. The third-order valence-corrected chi connectivity index (χ3v) is 6.67. The number of nitrogens with zero attached hydrogens (tertiary/aromatic N) is 1. The van der Waals surface area contributed by atoms with E-state index in [1.807, 2.05) is 12.3 Å². The van der Waals surface area contributed by atoms with Gasteiger partial charge in [-0.25, -0.2) is 0 Å². The highest BCUT2D eigenvalue weighted by Crippen LogP contribution is 2.45. The van der Waals surface area contributed by atoms with Gasteiger partial charge in [0.1, 0.15) is 5.75 Å². The van der Waals surface area contributed by atoms with Crippen molar-refractivity contribution in [3.63, 3.8) is 0 Å². The zero-order valence-corrected chi connectivity index (χ0v) is 16.5. The molecule has 1 aliphatic carbocycles. The maximum Gasteiger partial charge on any atom is 0.130 e. The third kappa shape index (κ3) is 2.91. The fourth-order valence-corrected chi connectivity index (χ4v) is 5.14. The van der Waals surface area contributed by atoms with E-state index in [9.17, 15) is 5.11 Å². The largest absolute Gasteiger partial charge is 0.507 e. The molecule has 0 amide bonds. The molecule has 126 valence electrons. The maximum absolute atomic E-state index is 10.1. The van der Waals surface area contributed by atoms with E-state index < -0.39 is 0 Å². The van der Waals surface area contributed by atoms with Crippen LogP contribution in [0.1, 0.15) is 41.1 Å². The number of hydrogen-bond acceptors (Lipinski definition) is 3. The molecule has 2 N–H and O–H groups in total. The zero-order valence-electron chi connectivity index (χ0n) is 13.4. The standard InChI is InChI=1S/C19H20Br2N2O/c20-13-9-12-1-2-15-14(3-4-16(24)18(15)21)17(19(12)23-10-13)11-5-7-22-8-6-11/h3-4,9-11,17,22,24H,1-2,5-8H2/t17-/m0/s1. The molecule has 1 aromatic carbocycles. The monoisotopic (exact) mass is 450 g/mol. The molecule has 4 rings (SSSR count). The lowest BCUT2D eigenvalue weighted by Gasteiger charge is -2.32. The van der Waals surface area contributed by atoms with Crippen molar-refractivity contribution in [3.05, 3.63) is 55.7 Å². The van der Waals surface area contributed by atoms with Gasteiger partial charge in [0, 0.05) is 16.6 Å². The molecule has 0 bridgehead atoms. The van der Waals surface area contributed by atoms with Gasteiger partial charge >= 0.3 is 0 Å². The summed E-state index contributed by atoms with van der Waals surface area (Å²) in [4.78, 5) is 4.84. The van der Waals surface area contributed by atoms with E-state index in [0.717, 1.165) is 34.9 Å². The maximum atomic E-state index is 10.1. The Morgan fingerprint density at radius 1 is 1.12 bits per heavy atom. The molecule has 2 heterocycles. The molecule has 1 atom stereocenters. The van der Waals surface area contributed by atoms with Crippen LogP contribution in [0, 0.1) is 5.92 Å². The van der Waals surface area contributed by atoms with Crippen molar-refractivity contribution in [1.29, 1.82) is 0 Å². The Balaban J connectivity index is 1.90. The zero-order chi connectivity index (χ0) is 16.7. The first-order valence-electron chi connectivity index (χ1n) is 8.50. The smallest absolute Gasteiger partial charge is 0.130 e. The fourth-order valence-electron chi connectivity index (χ4n) is 4.20. The summed E-state index contributed by atoms with van der Waals surface area (Å²) in [7, 11) is 0. The number of phenolic OH excluding ortho intramolecular Hbond substituents is 1. The van der Waals surface area contributed by atoms with E-state index in [2.05, 4.69) is 49.3 Å². The predicted molar refractivity (Wildman–Crippen MR) is 103 cm³/mol. The SMILES string of the molecule is Oc1ccc2c(c1Br)CCc1cc(Br)cnc1[C@H]2C1CCNCC1. The van der Waals surface area contributed by atoms with Crippen molar-refractivity contribution in [2.75, 3.05) is 13.1 Å². The summed E-state index contributed by atoms with van der Waals surface area (Å²) in [6.07, 6.45) is 6.14. The highest BCUT2D eigenvalue weighted by atomic mass is 79.9. The van der Waals surface area contributed by atoms with E-state index in [-0.39, 0.29) is 0 Å². The first kappa shape index (κ1) is 16.6. The second kappa shape index (κ2) is 6.77. The fraction of sp³-hybridized carbons (Fsp3) is 0.421. The van der Waals surface area contributed by atoms with E-state index >= 15 is 0 Å². The average molecular weight is 452 g/mol. The van der Waals surface area contributed by atoms with Crippen LogP contribution in [-0.2, 0) is 12.8 Å². The first-order valence-corrected chi connectivity index (χ1v) is 10.1. The Bertz CT molecular complexity index is 772. The minimum atomic E-state index is 0.310. The normalized spacial score (nSPS) is 21.0. The van der Waals surface area contributed by atoms with E-state index in [1.54, 1.807) is 0 Å². The molecular formula is C19H20Br2N2O. The topological polar surface area (TPSA) is 45.2 Å². The lowest BCUT2D eigenvalue weighted by atomic mass is 9.77. The highest BCUT2D eigenvalue weighted by Gasteiger charge is 2.33. The summed E-state index contributed by atoms with van der Waals surface area (Å²) in [5.74, 6) is 1.23. The average Bonchev–Trinajstić information content (AvgIpc) is 2.76. The van der Waals surface area contributed by atoms with Crippen LogP contribution in [0.5, 0.6) is 5.75 Å². The van der Waals surface area contributed by atoms with E-state index in [4.69, 9.17) is 4.98 Å². The lowest BCUT2D eigenvalue weighted by molar-refractivity contribution is 0.338.